The number of hydrogen-bond donors (Lipinski definition) is 0. The van der Waals surface area contributed by atoms with E-state index in [0.29, 0.717) is 17.2 Å². The largest absolute Gasteiger partial charge is 0.493 e. The molecule has 2 fully saturated rings. The summed E-state index contributed by atoms with van der Waals surface area (Å²) in [5.74, 6) is 0.989. The lowest BCUT2D eigenvalue weighted by Crippen LogP contribution is -2.32. The molecule has 5 heteroatoms. The molecule has 3 aliphatic rings. The smallest absolute Gasteiger partial charge is 0.238 e. The maximum atomic E-state index is 12.7. The fourth-order valence-corrected chi connectivity index (χ4v) is 4.12. The summed E-state index contributed by atoms with van der Waals surface area (Å²) in [7, 11) is 3.09. The number of carbonyl (C=O) groups is 2. The molecule has 1 aromatic carbocycles. The van der Waals surface area contributed by atoms with Gasteiger partial charge in [0.15, 0.2) is 11.5 Å². The highest BCUT2D eigenvalue weighted by molar-refractivity contribution is 6.22. The zero-order chi connectivity index (χ0) is 15.4. The van der Waals surface area contributed by atoms with Crippen molar-refractivity contribution in [1.82, 2.24) is 0 Å². The zero-order valence-corrected chi connectivity index (χ0v) is 12.5. The topological polar surface area (TPSA) is 55.8 Å². The van der Waals surface area contributed by atoms with Crippen molar-refractivity contribution in [2.24, 2.45) is 23.7 Å². The van der Waals surface area contributed by atoms with Gasteiger partial charge in [0.2, 0.25) is 11.8 Å². The molecule has 114 valence electrons. The molecule has 22 heavy (non-hydrogen) atoms. The molecule has 5 nitrogen and oxygen atoms in total. The van der Waals surface area contributed by atoms with Crippen molar-refractivity contribution >= 4 is 17.5 Å². The first kappa shape index (κ1) is 13.4. The van der Waals surface area contributed by atoms with Crippen LogP contribution in [-0.4, -0.2) is 26.0 Å². The van der Waals surface area contributed by atoms with Crippen LogP contribution in [-0.2, 0) is 9.59 Å². The van der Waals surface area contributed by atoms with Gasteiger partial charge in [-0.25, -0.2) is 4.90 Å². The third kappa shape index (κ3) is 1.59. The van der Waals surface area contributed by atoms with E-state index in [1.165, 1.54) is 12.0 Å². The van der Waals surface area contributed by atoms with Crippen LogP contribution in [0.15, 0.2) is 30.4 Å². The molecule has 0 aromatic heterocycles. The van der Waals surface area contributed by atoms with Gasteiger partial charge in [-0.3, -0.25) is 9.59 Å². The summed E-state index contributed by atoms with van der Waals surface area (Å²) in [5, 5.41) is 0. The highest BCUT2D eigenvalue weighted by Crippen LogP contribution is 2.53. The monoisotopic (exact) mass is 299 g/mol. The van der Waals surface area contributed by atoms with E-state index >= 15 is 0 Å². The SMILES string of the molecule is COc1ccc(N2C(=O)C3C4C=CC(C4)C3C2=O)cc1OC. The molecule has 2 bridgehead atoms. The molecule has 2 aliphatic carbocycles. The highest BCUT2D eigenvalue weighted by Gasteiger charge is 2.59. The Morgan fingerprint density at radius 2 is 1.55 bits per heavy atom. The third-order valence-corrected chi connectivity index (χ3v) is 5.10. The molecule has 4 atom stereocenters. The molecule has 1 aliphatic heterocycles. The number of allylic oxidation sites excluding steroid dienone is 2. The van der Waals surface area contributed by atoms with Crippen LogP contribution in [0.3, 0.4) is 0 Å². The van der Waals surface area contributed by atoms with Crippen LogP contribution in [0.2, 0.25) is 0 Å². The van der Waals surface area contributed by atoms with Crippen molar-refractivity contribution in [2.45, 2.75) is 6.42 Å². The van der Waals surface area contributed by atoms with Crippen molar-refractivity contribution in [3.8, 4) is 11.5 Å². The minimum Gasteiger partial charge on any atom is -0.493 e. The Morgan fingerprint density at radius 1 is 0.955 bits per heavy atom. The number of amides is 2. The van der Waals surface area contributed by atoms with Gasteiger partial charge in [-0.05, 0) is 30.4 Å². The second kappa shape index (κ2) is 4.60. The number of benzene rings is 1. The zero-order valence-electron chi connectivity index (χ0n) is 12.5. The van der Waals surface area contributed by atoms with Crippen LogP contribution in [0, 0.1) is 23.7 Å². The number of nitrogens with zero attached hydrogens (tertiary/aromatic N) is 1. The first-order valence-corrected chi connectivity index (χ1v) is 7.44. The van der Waals surface area contributed by atoms with Crippen LogP contribution in [0.1, 0.15) is 6.42 Å². The molecular weight excluding hydrogens is 282 g/mol. The fraction of sp³-hybridized carbons (Fsp3) is 0.412. The predicted molar refractivity (Wildman–Crippen MR) is 79.8 cm³/mol. The standard InChI is InChI=1S/C17H17NO4/c1-21-12-6-5-11(8-13(12)22-2)18-16(19)14-9-3-4-10(7-9)15(14)17(18)20/h3-6,8-10,14-15H,7H2,1-2H3. The summed E-state index contributed by atoms with van der Waals surface area (Å²) in [6, 6.07) is 5.13. The Kier molecular flexibility index (Phi) is 2.79. The van der Waals surface area contributed by atoms with E-state index in [0.717, 1.165) is 6.42 Å². The van der Waals surface area contributed by atoms with Gasteiger partial charge in [0.25, 0.3) is 0 Å². The molecule has 4 unspecified atom stereocenters. The van der Waals surface area contributed by atoms with E-state index in [1.807, 2.05) is 0 Å². The molecule has 0 radical (unpaired) electrons. The van der Waals surface area contributed by atoms with Crippen molar-refractivity contribution in [3.05, 3.63) is 30.4 Å². The van der Waals surface area contributed by atoms with Gasteiger partial charge in [0.05, 0.1) is 31.7 Å². The van der Waals surface area contributed by atoms with Crippen LogP contribution in [0.4, 0.5) is 5.69 Å². The van der Waals surface area contributed by atoms with E-state index in [1.54, 1.807) is 25.3 Å². The summed E-state index contributed by atoms with van der Waals surface area (Å²) in [6.07, 6.45) is 5.12. The first-order valence-electron chi connectivity index (χ1n) is 7.44. The van der Waals surface area contributed by atoms with E-state index in [2.05, 4.69) is 12.2 Å². The maximum absolute atomic E-state index is 12.7. The summed E-state index contributed by atoms with van der Waals surface area (Å²) in [5.41, 5.74) is 0.557. The number of imide groups is 1. The molecule has 1 heterocycles. The molecular formula is C17H17NO4. The summed E-state index contributed by atoms with van der Waals surface area (Å²) >= 11 is 0. The maximum Gasteiger partial charge on any atom is 0.238 e. The Labute approximate surface area is 128 Å². The summed E-state index contributed by atoms with van der Waals surface area (Å²) < 4.78 is 10.5. The van der Waals surface area contributed by atoms with Gasteiger partial charge < -0.3 is 9.47 Å². The summed E-state index contributed by atoms with van der Waals surface area (Å²) in [4.78, 5) is 26.8. The Balaban J connectivity index is 1.72. The number of carbonyl (C=O) groups excluding carboxylic acids is 2. The van der Waals surface area contributed by atoms with Gasteiger partial charge in [0.1, 0.15) is 0 Å². The van der Waals surface area contributed by atoms with Crippen LogP contribution in [0.25, 0.3) is 0 Å². The van der Waals surface area contributed by atoms with E-state index < -0.39 is 0 Å². The van der Waals surface area contributed by atoms with Gasteiger partial charge in [-0.2, -0.15) is 0 Å². The van der Waals surface area contributed by atoms with E-state index in [4.69, 9.17) is 9.47 Å². The van der Waals surface area contributed by atoms with Crippen molar-refractivity contribution in [1.29, 1.82) is 0 Å². The van der Waals surface area contributed by atoms with Crippen LogP contribution < -0.4 is 14.4 Å². The average Bonchev–Trinajstić information content (AvgIpc) is 3.21. The molecule has 1 aromatic rings. The fourth-order valence-electron chi connectivity index (χ4n) is 4.12. The Morgan fingerprint density at radius 3 is 2.09 bits per heavy atom. The molecule has 0 spiro atoms. The van der Waals surface area contributed by atoms with Gasteiger partial charge in [-0.1, -0.05) is 12.2 Å². The average molecular weight is 299 g/mol. The normalized spacial score (nSPS) is 31.8. The van der Waals surface area contributed by atoms with Crippen molar-refractivity contribution in [2.75, 3.05) is 19.1 Å². The molecule has 1 saturated heterocycles. The van der Waals surface area contributed by atoms with E-state index in [-0.39, 0.29) is 35.5 Å². The van der Waals surface area contributed by atoms with E-state index in [9.17, 15) is 9.59 Å². The lowest BCUT2D eigenvalue weighted by Gasteiger charge is -2.18. The van der Waals surface area contributed by atoms with Crippen LogP contribution in [0.5, 0.6) is 11.5 Å². The number of rotatable bonds is 3. The lowest BCUT2D eigenvalue weighted by molar-refractivity contribution is -0.123. The Bertz CT molecular complexity index is 666. The second-order valence-electron chi connectivity index (χ2n) is 6.05. The molecule has 1 saturated carbocycles. The van der Waals surface area contributed by atoms with Crippen molar-refractivity contribution in [3.63, 3.8) is 0 Å². The van der Waals surface area contributed by atoms with Crippen LogP contribution >= 0.6 is 0 Å². The van der Waals surface area contributed by atoms with Gasteiger partial charge in [-0.15, -0.1) is 0 Å². The molecule has 0 N–H and O–H groups in total. The van der Waals surface area contributed by atoms with Crippen molar-refractivity contribution < 1.29 is 19.1 Å². The summed E-state index contributed by atoms with van der Waals surface area (Å²) in [6.45, 7) is 0. The minimum atomic E-state index is -0.185. The number of hydrogen-bond acceptors (Lipinski definition) is 4. The molecule has 4 rings (SSSR count). The molecule has 2 amide bonds. The third-order valence-electron chi connectivity index (χ3n) is 5.10. The second-order valence-corrected chi connectivity index (χ2v) is 6.05. The van der Waals surface area contributed by atoms with Gasteiger partial charge in [0, 0.05) is 6.07 Å². The lowest BCUT2D eigenvalue weighted by atomic mass is 9.85. The van der Waals surface area contributed by atoms with Gasteiger partial charge >= 0.3 is 0 Å². The number of fused-ring (bicyclic) bond motifs is 5. The minimum absolute atomic E-state index is 0.0842. The number of ether oxygens (including phenoxy) is 2. The first-order chi connectivity index (χ1) is 10.7. The predicted octanol–water partition coefficient (Wildman–Crippen LogP) is 2.02. The quantitative estimate of drug-likeness (QED) is 0.633. The highest BCUT2D eigenvalue weighted by atomic mass is 16.5. The number of methoxy groups -OCH3 is 2. The number of anilines is 1. The Hall–Kier alpha value is -2.30.